The number of amides is 1. The Kier molecular flexibility index (Phi) is 4.86. The fraction of sp³-hybridized carbons (Fsp3) is 0.643. The third kappa shape index (κ3) is 3.85. The number of anilines is 1. The number of rotatable bonds is 4. The third-order valence-corrected chi connectivity index (χ3v) is 4.45. The lowest BCUT2D eigenvalue weighted by Crippen LogP contribution is -2.46. The highest BCUT2D eigenvalue weighted by molar-refractivity contribution is 8.00. The van der Waals surface area contributed by atoms with Crippen molar-refractivity contribution in [1.82, 2.24) is 15.1 Å². The number of carbonyl (C=O) groups excluding carboxylic acids is 1. The van der Waals surface area contributed by atoms with Crippen LogP contribution in [-0.4, -0.2) is 51.1 Å². The van der Waals surface area contributed by atoms with Crippen LogP contribution in [0.3, 0.4) is 0 Å². The van der Waals surface area contributed by atoms with E-state index in [1.54, 1.807) is 6.07 Å². The van der Waals surface area contributed by atoms with E-state index in [-0.39, 0.29) is 10.7 Å². The molecule has 1 aromatic rings. The number of hydrogen-bond donors (Lipinski definition) is 1. The summed E-state index contributed by atoms with van der Waals surface area (Å²) >= 11 is 1.91. The molecule has 0 aliphatic carbocycles. The van der Waals surface area contributed by atoms with Crippen molar-refractivity contribution < 1.29 is 4.79 Å². The van der Waals surface area contributed by atoms with Crippen LogP contribution >= 0.6 is 11.8 Å². The summed E-state index contributed by atoms with van der Waals surface area (Å²) in [5.74, 6) is 1.67. The van der Waals surface area contributed by atoms with Gasteiger partial charge in [-0.1, -0.05) is 6.92 Å². The Morgan fingerprint density at radius 3 is 2.85 bits per heavy atom. The Bertz CT molecular complexity index is 461. The maximum atomic E-state index is 12.4. The van der Waals surface area contributed by atoms with Crippen LogP contribution in [0, 0.1) is 0 Å². The van der Waals surface area contributed by atoms with Gasteiger partial charge in [0.05, 0.1) is 0 Å². The monoisotopic (exact) mass is 294 g/mol. The SMILES string of the molecule is CCCNc1ccc(C(=O)N2CCSC(C)(C)C2)nn1. The van der Waals surface area contributed by atoms with Crippen molar-refractivity contribution in [3.05, 3.63) is 17.8 Å². The zero-order valence-electron chi connectivity index (χ0n) is 12.3. The largest absolute Gasteiger partial charge is 0.369 e. The van der Waals surface area contributed by atoms with E-state index in [9.17, 15) is 4.79 Å². The minimum Gasteiger partial charge on any atom is -0.369 e. The average Bonchev–Trinajstić information content (AvgIpc) is 2.44. The molecule has 0 aromatic carbocycles. The highest BCUT2D eigenvalue weighted by Crippen LogP contribution is 2.29. The first-order valence-electron chi connectivity index (χ1n) is 7.03. The molecule has 0 spiro atoms. The predicted molar refractivity (Wildman–Crippen MR) is 83.3 cm³/mol. The Labute approximate surface area is 124 Å². The normalized spacial score (nSPS) is 17.9. The Balaban J connectivity index is 2.01. The van der Waals surface area contributed by atoms with Crippen LogP contribution in [0.4, 0.5) is 5.82 Å². The first kappa shape index (κ1) is 15.1. The summed E-state index contributed by atoms with van der Waals surface area (Å²) in [6.45, 7) is 8.83. The molecule has 0 atom stereocenters. The van der Waals surface area contributed by atoms with E-state index in [1.165, 1.54) is 0 Å². The summed E-state index contributed by atoms with van der Waals surface area (Å²) in [7, 11) is 0. The van der Waals surface area contributed by atoms with Gasteiger partial charge >= 0.3 is 0 Å². The number of nitrogens with one attached hydrogen (secondary N) is 1. The number of carbonyl (C=O) groups is 1. The summed E-state index contributed by atoms with van der Waals surface area (Å²) in [6, 6.07) is 3.57. The molecule has 2 heterocycles. The zero-order valence-corrected chi connectivity index (χ0v) is 13.2. The van der Waals surface area contributed by atoms with Gasteiger partial charge in [-0.25, -0.2) is 0 Å². The van der Waals surface area contributed by atoms with Gasteiger partial charge in [-0.15, -0.1) is 10.2 Å². The lowest BCUT2D eigenvalue weighted by molar-refractivity contribution is 0.0741. The van der Waals surface area contributed by atoms with Gasteiger partial charge in [0, 0.05) is 30.1 Å². The third-order valence-electron chi connectivity index (χ3n) is 3.15. The van der Waals surface area contributed by atoms with Gasteiger partial charge in [0.25, 0.3) is 5.91 Å². The Morgan fingerprint density at radius 2 is 2.25 bits per heavy atom. The molecule has 6 heteroatoms. The van der Waals surface area contributed by atoms with Crippen LogP contribution in [0.15, 0.2) is 12.1 Å². The molecule has 1 fully saturated rings. The number of hydrogen-bond acceptors (Lipinski definition) is 5. The molecule has 0 radical (unpaired) electrons. The molecule has 0 saturated carbocycles. The maximum Gasteiger partial charge on any atom is 0.274 e. The van der Waals surface area contributed by atoms with Gasteiger partial charge in [0.1, 0.15) is 5.82 Å². The van der Waals surface area contributed by atoms with E-state index in [4.69, 9.17) is 0 Å². The van der Waals surface area contributed by atoms with Crippen molar-refractivity contribution in [2.75, 3.05) is 30.7 Å². The highest BCUT2D eigenvalue weighted by atomic mass is 32.2. The number of aromatic nitrogens is 2. The first-order valence-corrected chi connectivity index (χ1v) is 8.01. The molecule has 2 rings (SSSR count). The fourth-order valence-electron chi connectivity index (χ4n) is 2.15. The smallest absolute Gasteiger partial charge is 0.274 e. The van der Waals surface area contributed by atoms with Crippen molar-refractivity contribution in [2.45, 2.75) is 31.9 Å². The second-order valence-corrected chi connectivity index (χ2v) is 7.37. The molecule has 20 heavy (non-hydrogen) atoms. The van der Waals surface area contributed by atoms with Crippen molar-refractivity contribution in [1.29, 1.82) is 0 Å². The minimum absolute atomic E-state index is 0.0204. The zero-order chi connectivity index (χ0) is 14.6. The van der Waals surface area contributed by atoms with E-state index >= 15 is 0 Å². The molecule has 0 bridgehead atoms. The topological polar surface area (TPSA) is 58.1 Å². The van der Waals surface area contributed by atoms with Crippen LogP contribution < -0.4 is 5.32 Å². The van der Waals surface area contributed by atoms with Gasteiger partial charge in [-0.2, -0.15) is 11.8 Å². The van der Waals surface area contributed by atoms with Crippen molar-refractivity contribution in [3.63, 3.8) is 0 Å². The second-order valence-electron chi connectivity index (χ2n) is 5.57. The van der Waals surface area contributed by atoms with Crippen LogP contribution in [0.5, 0.6) is 0 Å². The molecule has 1 saturated heterocycles. The minimum atomic E-state index is -0.0204. The van der Waals surface area contributed by atoms with Gasteiger partial charge in [-0.05, 0) is 32.4 Å². The average molecular weight is 294 g/mol. The van der Waals surface area contributed by atoms with Crippen LogP contribution in [-0.2, 0) is 0 Å². The van der Waals surface area contributed by atoms with Gasteiger partial charge < -0.3 is 10.2 Å². The molecule has 1 aliphatic rings. The lowest BCUT2D eigenvalue weighted by atomic mass is 10.1. The fourth-order valence-corrected chi connectivity index (χ4v) is 3.26. The predicted octanol–water partition coefficient (Wildman–Crippen LogP) is 2.27. The standard InChI is InChI=1S/C14H22N4OS/c1-4-7-15-12-6-5-11(16-17-12)13(19)18-8-9-20-14(2,3)10-18/h5-6H,4,7-10H2,1-3H3,(H,15,17). The van der Waals surface area contributed by atoms with Gasteiger partial charge in [0.15, 0.2) is 5.69 Å². The summed E-state index contributed by atoms with van der Waals surface area (Å²) in [4.78, 5) is 14.3. The lowest BCUT2D eigenvalue weighted by Gasteiger charge is -2.37. The summed E-state index contributed by atoms with van der Waals surface area (Å²) in [6.07, 6.45) is 1.03. The molecule has 1 N–H and O–H groups in total. The summed E-state index contributed by atoms with van der Waals surface area (Å²) in [5.41, 5.74) is 0.426. The molecule has 5 nitrogen and oxygen atoms in total. The highest BCUT2D eigenvalue weighted by Gasteiger charge is 2.30. The quantitative estimate of drug-likeness (QED) is 0.923. The van der Waals surface area contributed by atoms with Crippen molar-refractivity contribution in [2.24, 2.45) is 0 Å². The van der Waals surface area contributed by atoms with Gasteiger partial charge in [-0.3, -0.25) is 4.79 Å². The van der Waals surface area contributed by atoms with Crippen molar-refractivity contribution >= 4 is 23.5 Å². The van der Waals surface area contributed by atoms with E-state index in [0.29, 0.717) is 5.69 Å². The molecular formula is C14H22N4OS. The maximum absolute atomic E-state index is 12.4. The number of nitrogens with zero attached hydrogens (tertiary/aromatic N) is 3. The molecule has 1 amide bonds. The Morgan fingerprint density at radius 1 is 1.45 bits per heavy atom. The van der Waals surface area contributed by atoms with E-state index in [1.807, 2.05) is 22.7 Å². The first-order chi connectivity index (χ1) is 9.52. The van der Waals surface area contributed by atoms with Crippen molar-refractivity contribution in [3.8, 4) is 0 Å². The van der Waals surface area contributed by atoms with E-state index in [0.717, 1.165) is 37.6 Å². The Hall–Kier alpha value is -1.30. The summed E-state index contributed by atoms with van der Waals surface area (Å²) < 4.78 is 0.115. The van der Waals surface area contributed by atoms with Crippen LogP contribution in [0.1, 0.15) is 37.7 Å². The summed E-state index contributed by atoms with van der Waals surface area (Å²) in [5, 5.41) is 11.2. The second kappa shape index (κ2) is 6.43. The van der Waals surface area contributed by atoms with E-state index in [2.05, 4.69) is 36.3 Å². The van der Waals surface area contributed by atoms with Crippen LogP contribution in [0.2, 0.25) is 0 Å². The molecule has 0 unspecified atom stereocenters. The number of thioether (sulfide) groups is 1. The molecular weight excluding hydrogens is 272 g/mol. The molecule has 1 aliphatic heterocycles. The van der Waals surface area contributed by atoms with Crippen LogP contribution in [0.25, 0.3) is 0 Å². The van der Waals surface area contributed by atoms with E-state index < -0.39 is 0 Å². The van der Waals surface area contributed by atoms with Gasteiger partial charge in [0.2, 0.25) is 0 Å². The molecule has 110 valence electrons. The molecule has 1 aromatic heterocycles.